The summed E-state index contributed by atoms with van der Waals surface area (Å²) in [6.45, 7) is 10.6. The largest absolute Gasteiger partial charge is 0.444 e. The maximum absolute atomic E-state index is 11.7. The molecule has 1 aliphatic heterocycles. The molecule has 5 nitrogen and oxygen atoms in total. The molecule has 21 heavy (non-hydrogen) atoms. The Balaban J connectivity index is 1.74. The van der Waals surface area contributed by atoms with E-state index in [1.807, 2.05) is 32.3 Å². The zero-order chi connectivity index (χ0) is 15.5. The molecule has 6 heteroatoms. The Morgan fingerprint density at radius 2 is 2.38 bits per heavy atom. The number of aromatic nitrogens is 1. The van der Waals surface area contributed by atoms with Gasteiger partial charge in [-0.15, -0.1) is 11.3 Å². The van der Waals surface area contributed by atoms with Crippen molar-refractivity contribution >= 4 is 17.4 Å². The van der Waals surface area contributed by atoms with E-state index in [0.29, 0.717) is 18.5 Å². The van der Waals surface area contributed by atoms with E-state index in [1.54, 1.807) is 11.3 Å². The van der Waals surface area contributed by atoms with Crippen LogP contribution in [0.3, 0.4) is 0 Å². The third kappa shape index (κ3) is 4.97. The van der Waals surface area contributed by atoms with Crippen LogP contribution in [-0.2, 0) is 4.74 Å². The summed E-state index contributed by atoms with van der Waals surface area (Å²) in [4.78, 5) is 18.5. The van der Waals surface area contributed by atoms with E-state index in [4.69, 9.17) is 4.74 Å². The van der Waals surface area contributed by atoms with Crippen molar-refractivity contribution in [3.8, 4) is 0 Å². The minimum atomic E-state index is -0.439. The lowest BCUT2D eigenvalue weighted by atomic mass is 10.1. The lowest BCUT2D eigenvalue weighted by Gasteiger charge is -2.23. The van der Waals surface area contributed by atoms with Gasteiger partial charge in [-0.25, -0.2) is 9.78 Å². The highest BCUT2D eigenvalue weighted by molar-refractivity contribution is 7.09. The fourth-order valence-corrected chi connectivity index (χ4v) is 3.25. The monoisotopic (exact) mass is 311 g/mol. The number of ether oxygens (including phenoxy) is 1. The zero-order valence-electron chi connectivity index (χ0n) is 13.3. The molecule has 0 unspecified atom stereocenters. The molecule has 1 amide bonds. The molecule has 0 radical (unpaired) electrons. The maximum atomic E-state index is 11.7. The molecule has 1 saturated heterocycles. The van der Waals surface area contributed by atoms with Crippen LogP contribution in [0.1, 0.15) is 45.2 Å². The number of nitrogens with zero attached hydrogens (tertiary/aromatic N) is 2. The van der Waals surface area contributed by atoms with Crippen molar-refractivity contribution in [2.45, 2.75) is 45.8 Å². The topological polar surface area (TPSA) is 54.5 Å². The first-order valence-corrected chi connectivity index (χ1v) is 8.33. The van der Waals surface area contributed by atoms with Gasteiger partial charge >= 0.3 is 6.09 Å². The van der Waals surface area contributed by atoms with Crippen LogP contribution in [0.2, 0.25) is 0 Å². The Morgan fingerprint density at radius 1 is 1.62 bits per heavy atom. The van der Waals surface area contributed by atoms with Gasteiger partial charge in [-0.3, -0.25) is 4.90 Å². The predicted octanol–water partition coefficient (Wildman–Crippen LogP) is 3.05. The number of thiazole rings is 1. The first-order chi connectivity index (χ1) is 9.85. The van der Waals surface area contributed by atoms with Gasteiger partial charge in [-0.2, -0.15) is 0 Å². The van der Waals surface area contributed by atoms with Crippen molar-refractivity contribution in [2.75, 3.05) is 19.6 Å². The molecule has 0 spiro atoms. The number of nitrogens with one attached hydrogen (secondary N) is 1. The number of alkyl carbamates (subject to hydrolysis) is 1. The molecule has 118 valence electrons. The van der Waals surface area contributed by atoms with E-state index in [0.717, 1.165) is 24.5 Å². The molecule has 2 heterocycles. The summed E-state index contributed by atoms with van der Waals surface area (Å²) in [5, 5.41) is 6.05. The molecular weight excluding hydrogens is 286 g/mol. The van der Waals surface area contributed by atoms with E-state index in [1.165, 1.54) is 0 Å². The third-order valence-electron chi connectivity index (χ3n) is 3.61. The van der Waals surface area contributed by atoms with E-state index in [2.05, 4.69) is 22.1 Å². The Morgan fingerprint density at radius 3 is 3.00 bits per heavy atom. The summed E-state index contributed by atoms with van der Waals surface area (Å²) in [7, 11) is 0. The lowest BCUT2D eigenvalue weighted by Crippen LogP contribution is -2.36. The van der Waals surface area contributed by atoms with Crippen LogP contribution in [-0.4, -0.2) is 41.2 Å². The molecule has 0 saturated carbocycles. The van der Waals surface area contributed by atoms with Gasteiger partial charge in [0.1, 0.15) is 10.6 Å². The average molecular weight is 311 g/mol. The second kappa shape index (κ2) is 6.75. The number of hydrogen-bond acceptors (Lipinski definition) is 5. The fraction of sp³-hybridized carbons (Fsp3) is 0.733. The lowest BCUT2D eigenvalue weighted by molar-refractivity contribution is 0.0519. The number of rotatable bonds is 4. The standard InChI is InChI=1S/C15H25N3O2S/c1-11(13-16-6-8-21-13)18-7-5-12(10-18)9-17-14(19)20-15(2,3)4/h6,8,11-12H,5,7,9-10H2,1-4H3,(H,17,19)/t11-,12+/m1/s1. The molecule has 0 aromatic carbocycles. The number of hydrogen-bond donors (Lipinski definition) is 1. The van der Waals surface area contributed by atoms with Gasteiger partial charge < -0.3 is 10.1 Å². The number of amides is 1. The van der Waals surface area contributed by atoms with Crippen LogP contribution in [0.4, 0.5) is 4.79 Å². The summed E-state index contributed by atoms with van der Waals surface area (Å²) < 4.78 is 5.26. The first-order valence-electron chi connectivity index (χ1n) is 7.45. The SMILES string of the molecule is C[C@H](c1nccs1)N1CC[C@@H](CNC(=O)OC(C)(C)C)C1. The van der Waals surface area contributed by atoms with Crippen molar-refractivity contribution in [1.29, 1.82) is 0 Å². The zero-order valence-corrected chi connectivity index (χ0v) is 14.1. The third-order valence-corrected chi connectivity index (χ3v) is 4.55. The molecule has 1 aromatic rings. The van der Waals surface area contributed by atoms with Gasteiger partial charge in [-0.1, -0.05) is 0 Å². The van der Waals surface area contributed by atoms with Crippen LogP contribution < -0.4 is 5.32 Å². The summed E-state index contributed by atoms with van der Waals surface area (Å²) in [6, 6.07) is 0.358. The summed E-state index contributed by atoms with van der Waals surface area (Å²) in [6.07, 6.45) is 2.63. The van der Waals surface area contributed by atoms with Gasteiger partial charge in [0, 0.05) is 24.7 Å². The average Bonchev–Trinajstić information content (AvgIpc) is 3.05. The fourth-order valence-electron chi connectivity index (χ4n) is 2.52. The number of carbonyl (C=O) groups is 1. The Bertz CT molecular complexity index is 456. The van der Waals surface area contributed by atoms with Crippen LogP contribution in [0.5, 0.6) is 0 Å². The molecule has 1 aromatic heterocycles. The molecule has 2 rings (SSSR count). The quantitative estimate of drug-likeness (QED) is 0.928. The summed E-state index contributed by atoms with van der Waals surface area (Å²) >= 11 is 1.70. The van der Waals surface area contributed by atoms with Crippen LogP contribution in [0.25, 0.3) is 0 Å². The van der Waals surface area contributed by atoms with Crippen LogP contribution >= 0.6 is 11.3 Å². The molecule has 1 fully saturated rings. The molecule has 2 atom stereocenters. The molecule has 0 aliphatic carbocycles. The Kier molecular flexibility index (Phi) is 5.22. The molecular formula is C15H25N3O2S. The van der Waals surface area contributed by atoms with Crippen LogP contribution in [0.15, 0.2) is 11.6 Å². The number of carbonyl (C=O) groups excluding carboxylic acids is 1. The van der Waals surface area contributed by atoms with E-state index in [-0.39, 0.29) is 6.09 Å². The van der Waals surface area contributed by atoms with E-state index >= 15 is 0 Å². The van der Waals surface area contributed by atoms with Crippen molar-refractivity contribution < 1.29 is 9.53 Å². The predicted molar refractivity (Wildman–Crippen MR) is 84.4 cm³/mol. The van der Waals surface area contributed by atoms with Crippen molar-refractivity contribution in [3.63, 3.8) is 0 Å². The Labute approximate surface area is 130 Å². The summed E-state index contributed by atoms with van der Waals surface area (Å²) in [5.74, 6) is 0.486. The van der Waals surface area contributed by atoms with Crippen molar-refractivity contribution in [3.05, 3.63) is 16.6 Å². The second-order valence-corrected chi connectivity index (χ2v) is 7.50. The van der Waals surface area contributed by atoms with E-state index in [9.17, 15) is 4.79 Å². The maximum Gasteiger partial charge on any atom is 0.407 e. The van der Waals surface area contributed by atoms with Gasteiger partial charge in [0.25, 0.3) is 0 Å². The van der Waals surface area contributed by atoms with Gasteiger partial charge in [0.05, 0.1) is 6.04 Å². The molecule has 0 bridgehead atoms. The summed E-state index contributed by atoms with van der Waals surface area (Å²) in [5.41, 5.74) is -0.439. The van der Waals surface area contributed by atoms with Gasteiger partial charge in [-0.05, 0) is 46.6 Å². The van der Waals surface area contributed by atoms with Crippen LogP contribution in [0, 0.1) is 5.92 Å². The normalized spacial score (nSPS) is 21.2. The van der Waals surface area contributed by atoms with Crippen molar-refractivity contribution in [1.82, 2.24) is 15.2 Å². The minimum Gasteiger partial charge on any atom is -0.444 e. The van der Waals surface area contributed by atoms with Gasteiger partial charge in [0.2, 0.25) is 0 Å². The Hall–Kier alpha value is -1.14. The minimum absolute atomic E-state index is 0.325. The smallest absolute Gasteiger partial charge is 0.407 e. The molecule has 1 aliphatic rings. The highest BCUT2D eigenvalue weighted by Crippen LogP contribution is 2.28. The van der Waals surface area contributed by atoms with E-state index < -0.39 is 5.60 Å². The number of likely N-dealkylation sites (tertiary alicyclic amines) is 1. The highest BCUT2D eigenvalue weighted by atomic mass is 32.1. The molecule has 1 N–H and O–H groups in total. The second-order valence-electron chi connectivity index (χ2n) is 6.58. The van der Waals surface area contributed by atoms with Crippen molar-refractivity contribution in [2.24, 2.45) is 5.92 Å². The highest BCUT2D eigenvalue weighted by Gasteiger charge is 2.28. The first kappa shape index (κ1) is 16.2. The van der Waals surface area contributed by atoms with Gasteiger partial charge in [0.15, 0.2) is 0 Å².